The van der Waals surface area contributed by atoms with Crippen molar-refractivity contribution in [3.8, 4) is 0 Å². The predicted molar refractivity (Wildman–Crippen MR) is 93.2 cm³/mol. The SMILES string of the molecule is COCCN(C)S(=O)(=O)c1ccc(S(=O)(=O)Nc2ccccn2)cc1. The van der Waals surface area contributed by atoms with E-state index in [9.17, 15) is 16.8 Å². The number of hydrogen-bond donors (Lipinski definition) is 1. The molecule has 0 saturated carbocycles. The number of benzene rings is 1. The highest BCUT2D eigenvalue weighted by Gasteiger charge is 2.22. The van der Waals surface area contributed by atoms with Crippen molar-refractivity contribution in [1.29, 1.82) is 0 Å². The second-order valence-electron chi connectivity index (χ2n) is 5.11. The van der Waals surface area contributed by atoms with Crippen molar-refractivity contribution < 1.29 is 21.6 Å². The van der Waals surface area contributed by atoms with E-state index >= 15 is 0 Å². The molecule has 0 amide bonds. The summed E-state index contributed by atoms with van der Waals surface area (Å²) in [5, 5.41) is 0. The molecule has 1 heterocycles. The average Bonchev–Trinajstić information content (AvgIpc) is 2.60. The Bertz CT molecular complexity index is 898. The second-order valence-corrected chi connectivity index (χ2v) is 8.84. The summed E-state index contributed by atoms with van der Waals surface area (Å²) in [7, 11) is -4.64. The van der Waals surface area contributed by atoms with E-state index in [-0.39, 0.29) is 28.8 Å². The Kier molecular flexibility index (Phi) is 6.11. The number of nitrogens with one attached hydrogen (secondary N) is 1. The van der Waals surface area contributed by atoms with Crippen molar-refractivity contribution in [2.24, 2.45) is 0 Å². The fourth-order valence-electron chi connectivity index (χ4n) is 1.93. The van der Waals surface area contributed by atoms with Gasteiger partial charge in [-0.3, -0.25) is 4.72 Å². The lowest BCUT2D eigenvalue weighted by atomic mass is 10.4. The lowest BCUT2D eigenvalue weighted by Crippen LogP contribution is -2.30. The molecular weight excluding hydrogens is 366 g/mol. The Morgan fingerprint density at radius 2 is 1.68 bits per heavy atom. The number of hydrogen-bond acceptors (Lipinski definition) is 6. The molecule has 1 N–H and O–H groups in total. The lowest BCUT2D eigenvalue weighted by molar-refractivity contribution is 0.185. The number of ether oxygens (including phenoxy) is 1. The zero-order valence-electron chi connectivity index (χ0n) is 13.8. The summed E-state index contributed by atoms with van der Waals surface area (Å²) in [5.74, 6) is 0.179. The van der Waals surface area contributed by atoms with Crippen molar-refractivity contribution >= 4 is 25.9 Å². The number of aromatic nitrogens is 1. The van der Waals surface area contributed by atoms with Gasteiger partial charge in [-0.2, -0.15) is 4.31 Å². The Balaban J connectivity index is 2.21. The third kappa shape index (κ3) is 4.75. The van der Waals surface area contributed by atoms with Gasteiger partial charge < -0.3 is 4.74 Å². The lowest BCUT2D eigenvalue weighted by Gasteiger charge is -2.17. The van der Waals surface area contributed by atoms with Crippen molar-refractivity contribution in [1.82, 2.24) is 9.29 Å². The number of pyridine rings is 1. The van der Waals surface area contributed by atoms with E-state index < -0.39 is 20.0 Å². The maximum atomic E-state index is 12.4. The monoisotopic (exact) mass is 385 g/mol. The molecule has 0 unspecified atom stereocenters. The molecule has 0 aliphatic carbocycles. The van der Waals surface area contributed by atoms with Crippen LogP contribution in [0.15, 0.2) is 58.5 Å². The zero-order chi connectivity index (χ0) is 18.5. The summed E-state index contributed by atoms with van der Waals surface area (Å²) < 4.78 is 57.7. The minimum Gasteiger partial charge on any atom is -0.383 e. The highest BCUT2D eigenvalue weighted by Crippen LogP contribution is 2.19. The van der Waals surface area contributed by atoms with Gasteiger partial charge in [0.15, 0.2) is 0 Å². The Hall–Kier alpha value is -2.01. The predicted octanol–water partition coefficient (Wildman–Crippen LogP) is 1.15. The quantitative estimate of drug-likeness (QED) is 0.731. The van der Waals surface area contributed by atoms with E-state index in [4.69, 9.17) is 4.74 Å². The smallest absolute Gasteiger partial charge is 0.263 e. The number of likely N-dealkylation sites (N-methyl/N-ethyl adjacent to an activating group) is 1. The Morgan fingerprint density at radius 3 is 2.24 bits per heavy atom. The molecule has 0 bridgehead atoms. The van der Waals surface area contributed by atoms with Crippen LogP contribution in [0.3, 0.4) is 0 Å². The fourth-order valence-corrected chi connectivity index (χ4v) is 4.09. The zero-order valence-corrected chi connectivity index (χ0v) is 15.4. The Labute approximate surface area is 147 Å². The molecular formula is C15H19N3O5S2. The van der Waals surface area contributed by atoms with Crippen molar-refractivity contribution in [3.63, 3.8) is 0 Å². The van der Waals surface area contributed by atoms with Gasteiger partial charge in [0.05, 0.1) is 16.4 Å². The maximum Gasteiger partial charge on any atom is 0.263 e. The van der Waals surface area contributed by atoms with Crippen LogP contribution in [-0.2, 0) is 24.8 Å². The highest BCUT2D eigenvalue weighted by atomic mass is 32.2. The van der Waals surface area contributed by atoms with E-state index in [1.807, 2.05) is 0 Å². The summed E-state index contributed by atoms with van der Waals surface area (Å²) in [6.45, 7) is 0.455. The molecule has 0 radical (unpaired) electrons. The standard InChI is InChI=1S/C15H19N3O5S2/c1-18(11-12-23-2)25(21,22)14-8-6-13(7-9-14)24(19,20)17-15-5-3-4-10-16-15/h3-10H,11-12H2,1-2H3,(H,16,17). The third-order valence-corrected chi connectivity index (χ3v) is 6.60. The van der Waals surface area contributed by atoms with Crippen LogP contribution in [0, 0.1) is 0 Å². The largest absolute Gasteiger partial charge is 0.383 e. The first-order valence-corrected chi connectivity index (χ1v) is 10.2. The molecule has 2 aromatic rings. The first-order valence-electron chi connectivity index (χ1n) is 7.26. The van der Waals surface area contributed by atoms with Crippen molar-refractivity contribution in [2.45, 2.75) is 9.79 Å². The molecule has 10 heteroatoms. The number of rotatable bonds is 8. The molecule has 0 aliphatic rings. The molecule has 136 valence electrons. The molecule has 25 heavy (non-hydrogen) atoms. The molecule has 1 aromatic heterocycles. The summed E-state index contributed by atoms with van der Waals surface area (Å²) in [4.78, 5) is 3.84. The number of sulfonamides is 2. The second kappa shape index (κ2) is 7.91. The van der Waals surface area contributed by atoms with E-state index in [0.29, 0.717) is 0 Å². The van der Waals surface area contributed by atoms with Gasteiger partial charge in [0.2, 0.25) is 10.0 Å². The molecule has 0 aliphatic heterocycles. The number of methoxy groups -OCH3 is 1. The summed E-state index contributed by atoms with van der Waals surface area (Å²) in [6.07, 6.45) is 1.46. The maximum absolute atomic E-state index is 12.4. The van der Waals surface area contributed by atoms with Crippen LogP contribution in [-0.4, -0.2) is 53.4 Å². The van der Waals surface area contributed by atoms with E-state index in [0.717, 1.165) is 4.31 Å². The van der Waals surface area contributed by atoms with Gasteiger partial charge in [0.25, 0.3) is 10.0 Å². The van der Waals surface area contributed by atoms with Crippen LogP contribution in [0.1, 0.15) is 0 Å². The minimum absolute atomic E-state index is 0.00268. The van der Waals surface area contributed by atoms with Gasteiger partial charge >= 0.3 is 0 Å². The van der Waals surface area contributed by atoms with E-state index in [1.165, 1.54) is 50.7 Å². The van der Waals surface area contributed by atoms with Crippen LogP contribution in [0.4, 0.5) is 5.82 Å². The molecule has 0 atom stereocenters. The molecule has 0 fully saturated rings. The molecule has 0 spiro atoms. The topological polar surface area (TPSA) is 106 Å². The fraction of sp³-hybridized carbons (Fsp3) is 0.267. The van der Waals surface area contributed by atoms with Crippen molar-refractivity contribution in [2.75, 3.05) is 32.0 Å². The van der Waals surface area contributed by atoms with Crippen molar-refractivity contribution in [3.05, 3.63) is 48.7 Å². The summed E-state index contributed by atoms with van der Waals surface area (Å²) >= 11 is 0. The van der Waals surface area contributed by atoms with Crippen LogP contribution in [0.25, 0.3) is 0 Å². The van der Waals surface area contributed by atoms with Gasteiger partial charge in [-0.05, 0) is 36.4 Å². The molecule has 0 saturated heterocycles. The van der Waals surface area contributed by atoms with Gasteiger partial charge in [0, 0.05) is 26.9 Å². The van der Waals surface area contributed by atoms with E-state index in [2.05, 4.69) is 9.71 Å². The van der Waals surface area contributed by atoms with Gasteiger partial charge in [-0.15, -0.1) is 0 Å². The number of anilines is 1. The molecule has 1 aromatic carbocycles. The number of nitrogens with zero attached hydrogens (tertiary/aromatic N) is 2. The summed E-state index contributed by atoms with van der Waals surface area (Å²) in [6, 6.07) is 9.82. The first kappa shape index (κ1) is 19.3. The first-order chi connectivity index (χ1) is 11.8. The van der Waals surface area contributed by atoms with E-state index in [1.54, 1.807) is 12.1 Å². The third-order valence-electron chi connectivity index (χ3n) is 3.36. The summed E-state index contributed by atoms with van der Waals surface area (Å²) in [5.41, 5.74) is 0. The molecule has 2 rings (SSSR count). The van der Waals surface area contributed by atoms with Gasteiger partial charge in [-0.1, -0.05) is 6.07 Å². The Morgan fingerprint density at radius 1 is 1.04 bits per heavy atom. The normalized spacial score (nSPS) is 12.3. The highest BCUT2D eigenvalue weighted by molar-refractivity contribution is 7.92. The minimum atomic E-state index is -3.85. The van der Waals surface area contributed by atoms with Crippen LogP contribution < -0.4 is 4.72 Å². The van der Waals surface area contributed by atoms with Gasteiger partial charge in [-0.25, -0.2) is 21.8 Å². The average molecular weight is 385 g/mol. The van der Waals surface area contributed by atoms with Crippen LogP contribution >= 0.6 is 0 Å². The molecule has 8 nitrogen and oxygen atoms in total. The van der Waals surface area contributed by atoms with Gasteiger partial charge in [0.1, 0.15) is 5.82 Å². The van der Waals surface area contributed by atoms with Crippen LogP contribution in [0.2, 0.25) is 0 Å². The van der Waals surface area contributed by atoms with Crippen LogP contribution in [0.5, 0.6) is 0 Å².